The van der Waals surface area contributed by atoms with Crippen LogP contribution in [0.15, 0.2) is 53.2 Å². The number of aryl methyl sites for hydroxylation is 1. The number of carbonyl (C=O) groups is 1. The Morgan fingerprint density at radius 2 is 2.04 bits per heavy atom. The summed E-state index contributed by atoms with van der Waals surface area (Å²) in [6, 6.07) is 13.3. The van der Waals surface area contributed by atoms with Gasteiger partial charge in [0.2, 0.25) is 0 Å². The lowest BCUT2D eigenvalue weighted by molar-refractivity contribution is 0.0950. The van der Waals surface area contributed by atoms with Crippen LogP contribution in [0.4, 0.5) is 0 Å². The maximum Gasteiger partial charge on any atom is 0.251 e. The molecular weight excluding hydrogens is 326 g/mol. The van der Waals surface area contributed by atoms with Crippen LogP contribution in [0.5, 0.6) is 0 Å². The zero-order valence-electron chi connectivity index (χ0n) is 12.7. The Kier molecular flexibility index (Phi) is 4.91. The normalized spacial score (nSPS) is 12.1. The van der Waals surface area contributed by atoms with E-state index in [1.807, 2.05) is 60.1 Å². The van der Waals surface area contributed by atoms with Gasteiger partial charge >= 0.3 is 0 Å². The van der Waals surface area contributed by atoms with E-state index in [0.29, 0.717) is 12.1 Å². The highest BCUT2D eigenvalue weighted by atomic mass is 32.1. The molecule has 0 spiro atoms. The maximum absolute atomic E-state index is 12.2. The number of amides is 1. The van der Waals surface area contributed by atoms with E-state index in [2.05, 4.69) is 5.32 Å². The number of aliphatic hydroxyl groups excluding tert-OH is 1. The minimum atomic E-state index is -0.591. The molecule has 2 aromatic heterocycles. The van der Waals surface area contributed by atoms with Gasteiger partial charge in [0.25, 0.3) is 5.91 Å². The van der Waals surface area contributed by atoms with Crippen molar-refractivity contribution in [1.82, 2.24) is 5.32 Å². The number of aliphatic hydroxyl groups is 1. The molecule has 23 heavy (non-hydrogen) atoms. The third-order valence-electron chi connectivity index (χ3n) is 3.62. The van der Waals surface area contributed by atoms with Gasteiger partial charge in [0, 0.05) is 15.3 Å². The van der Waals surface area contributed by atoms with E-state index in [0.717, 1.165) is 20.9 Å². The quantitative estimate of drug-likeness (QED) is 0.732. The third-order valence-corrected chi connectivity index (χ3v) is 5.46. The van der Waals surface area contributed by atoms with Crippen LogP contribution in [-0.4, -0.2) is 11.0 Å². The first-order valence-corrected chi connectivity index (χ1v) is 9.03. The minimum Gasteiger partial charge on any atom is -0.383 e. The van der Waals surface area contributed by atoms with E-state index in [4.69, 9.17) is 0 Å². The second kappa shape index (κ2) is 7.08. The van der Waals surface area contributed by atoms with Crippen LogP contribution in [0.1, 0.15) is 37.3 Å². The first-order chi connectivity index (χ1) is 11.1. The second-order valence-electron chi connectivity index (χ2n) is 5.26. The summed E-state index contributed by atoms with van der Waals surface area (Å²) in [6.45, 7) is 2.39. The Morgan fingerprint density at radius 3 is 2.78 bits per heavy atom. The number of thiophene rings is 2. The van der Waals surface area contributed by atoms with Gasteiger partial charge in [-0.3, -0.25) is 4.79 Å². The average molecular weight is 343 g/mol. The topological polar surface area (TPSA) is 49.3 Å². The molecule has 0 saturated carbocycles. The number of hydrogen-bond acceptors (Lipinski definition) is 4. The summed E-state index contributed by atoms with van der Waals surface area (Å²) < 4.78 is 0. The summed E-state index contributed by atoms with van der Waals surface area (Å²) in [5.41, 5.74) is 2.57. The molecule has 118 valence electrons. The number of carbonyl (C=O) groups excluding carboxylic acids is 1. The summed E-state index contributed by atoms with van der Waals surface area (Å²) in [7, 11) is 0. The lowest BCUT2D eigenvalue weighted by atomic mass is 10.1. The van der Waals surface area contributed by atoms with E-state index in [1.165, 1.54) is 11.3 Å². The van der Waals surface area contributed by atoms with E-state index in [9.17, 15) is 9.90 Å². The fourth-order valence-corrected chi connectivity index (χ4v) is 3.97. The molecule has 0 aliphatic heterocycles. The molecule has 2 N–H and O–H groups in total. The molecule has 1 amide bonds. The van der Waals surface area contributed by atoms with Crippen molar-refractivity contribution >= 4 is 28.6 Å². The van der Waals surface area contributed by atoms with Crippen LogP contribution in [0, 0.1) is 6.92 Å². The van der Waals surface area contributed by atoms with Gasteiger partial charge in [-0.05, 0) is 53.1 Å². The molecule has 0 radical (unpaired) electrons. The monoisotopic (exact) mass is 343 g/mol. The second-order valence-corrected chi connectivity index (χ2v) is 7.24. The molecule has 0 aliphatic rings. The zero-order valence-corrected chi connectivity index (χ0v) is 14.3. The van der Waals surface area contributed by atoms with Crippen LogP contribution in [0.25, 0.3) is 0 Å². The van der Waals surface area contributed by atoms with Gasteiger partial charge in [-0.15, -0.1) is 11.3 Å². The van der Waals surface area contributed by atoms with Gasteiger partial charge in [-0.25, -0.2) is 0 Å². The maximum atomic E-state index is 12.2. The third kappa shape index (κ3) is 3.69. The molecular formula is C18H17NO2S2. The molecule has 0 bridgehead atoms. The van der Waals surface area contributed by atoms with Crippen molar-refractivity contribution in [2.24, 2.45) is 0 Å². The van der Waals surface area contributed by atoms with Crippen molar-refractivity contribution in [1.29, 1.82) is 0 Å². The van der Waals surface area contributed by atoms with Crippen LogP contribution in [0.3, 0.4) is 0 Å². The Hall–Kier alpha value is -1.95. The van der Waals surface area contributed by atoms with Gasteiger partial charge in [0.15, 0.2) is 0 Å². The first kappa shape index (κ1) is 15.9. The van der Waals surface area contributed by atoms with Crippen molar-refractivity contribution in [2.45, 2.75) is 19.6 Å². The van der Waals surface area contributed by atoms with Crippen LogP contribution in [0.2, 0.25) is 0 Å². The van der Waals surface area contributed by atoms with E-state index in [-0.39, 0.29) is 5.91 Å². The Morgan fingerprint density at radius 1 is 1.22 bits per heavy atom. The molecule has 1 aromatic carbocycles. The average Bonchev–Trinajstić information content (AvgIpc) is 3.24. The molecule has 0 fully saturated rings. The lowest BCUT2D eigenvalue weighted by Crippen LogP contribution is -2.23. The van der Waals surface area contributed by atoms with Gasteiger partial charge in [-0.2, -0.15) is 11.3 Å². The summed E-state index contributed by atoms with van der Waals surface area (Å²) in [5, 5.41) is 17.2. The highest BCUT2D eigenvalue weighted by Gasteiger charge is 2.14. The number of benzene rings is 1. The molecule has 0 saturated heterocycles. The van der Waals surface area contributed by atoms with Gasteiger partial charge in [0.1, 0.15) is 6.10 Å². The van der Waals surface area contributed by atoms with Crippen molar-refractivity contribution in [3.63, 3.8) is 0 Å². The number of rotatable bonds is 5. The van der Waals surface area contributed by atoms with E-state index in [1.54, 1.807) is 11.3 Å². The Bertz CT molecular complexity index is 793. The van der Waals surface area contributed by atoms with Crippen LogP contribution < -0.4 is 5.32 Å². The van der Waals surface area contributed by atoms with Crippen LogP contribution >= 0.6 is 22.7 Å². The summed E-state index contributed by atoms with van der Waals surface area (Å²) >= 11 is 3.09. The number of hydrogen-bond donors (Lipinski definition) is 2. The summed E-state index contributed by atoms with van der Waals surface area (Å²) in [5.74, 6) is -0.0727. The molecule has 5 heteroatoms. The van der Waals surface area contributed by atoms with Gasteiger partial charge < -0.3 is 10.4 Å². The SMILES string of the molecule is Cc1ccccc1C(=O)NCc1ccc([C@@H](O)c2ccsc2)s1. The summed E-state index contributed by atoms with van der Waals surface area (Å²) in [6.07, 6.45) is -0.591. The van der Waals surface area contributed by atoms with Gasteiger partial charge in [-0.1, -0.05) is 18.2 Å². The Labute approximate surface area is 143 Å². The molecule has 0 unspecified atom stereocenters. The minimum absolute atomic E-state index is 0.0727. The smallest absolute Gasteiger partial charge is 0.251 e. The molecule has 0 aliphatic carbocycles. The Balaban J connectivity index is 1.64. The highest BCUT2D eigenvalue weighted by Crippen LogP contribution is 2.29. The predicted octanol–water partition coefficient (Wildman–Crippen LogP) is 4.13. The highest BCUT2D eigenvalue weighted by molar-refractivity contribution is 7.12. The molecule has 3 nitrogen and oxygen atoms in total. The van der Waals surface area contributed by atoms with E-state index < -0.39 is 6.10 Å². The predicted molar refractivity (Wildman–Crippen MR) is 95.0 cm³/mol. The number of nitrogens with one attached hydrogen (secondary N) is 1. The molecule has 3 rings (SSSR count). The van der Waals surface area contributed by atoms with Crippen molar-refractivity contribution in [3.8, 4) is 0 Å². The largest absolute Gasteiger partial charge is 0.383 e. The van der Waals surface area contributed by atoms with Crippen LogP contribution in [-0.2, 0) is 6.54 Å². The molecule has 3 aromatic rings. The van der Waals surface area contributed by atoms with Gasteiger partial charge in [0.05, 0.1) is 6.54 Å². The summed E-state index contributed by atoms with van der Waals surface area (Å²) in [4.78, 5) is 14.1. The zero-order chi connectivity index (χ0) is 16.2. The van der Waals surface area contributed by atoms with Crippen molar-refractivity contribution in [2.75, 3.05) is 0 Å². The lowest BCUT2D eigenvalue weighted by Gasteiger charge is -2.07. The van der Waals surface area contributed by atoms with E-state index >= 15 is 0 Å². The first-order valence-electron chi connectivity index (χ1n) is 7.28. The molecule has 2 heterocycles. The van der Waals surface area contributed by atoms with Crippen molar-refractivity contribution in [3.05, 3.63) is 79.7 Å². The standard InChI is InChI=1S/C18H17NO2S2/c1-12-4-2-3-5-15(12)18(21)19-10-14-6-7-16(23-14)17(20)13-8-9-22-11-13/h2-9,11,17,20H,10H2,1H3,(H,19,21)/t17-/m0/s1. The fraction of sp³-hybridized carbons (Fsp3) is 0.167. The fourth-order valence-electron chi connectivity index (χ4n) is 2.32. The van der Waals surface area contributed by atoms with Crippen molar-refractivity contribution < 1.29 is 9.90 Å². The molecule has 1 atom stereocenters.